The van der Waals surface area contributed by atoms with Crippen molar-refractivity contribution in [1.29, 1.82) is 0 Å². The second kappa shape index (κ2) is 4.80. The van der Waals surface area contributed by atoms with Crippen LogP contribution >= 0.6 is 0 Å². The molecular weight excluding hydrogens is 150 g/mol. The predicted molar refractivity (Wildman–Crippen MR) is 52.5 cm³/mol. The molecule has 1 aliphatic heterocycles. The fourth-order valence-corrected chi connectivity index (χ4v) is 1.71. The molecule has 0 saturated carbocycles. The van der Waals surface area contributed by atoms with Gasteiger partial charge >= 0.3 is 0 Å². The lowest BCUT2D eigenvalue weighted by Crippen LogP contribution is -2.34. The zero-order chi connectivity index (χ0) is 8.97. The first-order chi connectivity index (χ1) is 5.74. The van der Waals surface area contributed by atoms with E-state index in [-0.39, 0.29) is 0 Å². The molecule has 1 fully saturated rings. The van der Waals surface area contributed by atoms with Gasteiger partial charge in [0, 0.05) is 25.7 Å². The summed E-state index contributed by atoms with van der Waals surface area (Å²) in [6, 6.07) is 0.779. The quantitative estimate of drug-likeness (QED) is 0.634. The summed E-state index contributed by atoms with van der Waals surface area (Å²) < 4.78 is 0. The third-order valence-electron chi connectivity index (χ3n) is 2.66. The van der Waals surface area contributed by atoms with Crippen molar-refractivity contribution in [3.05, 3.63) is 0 Å². The van der Waals surface area contributed by atoms with Gasteiger partial charge in [0.2, 0.25) is 0 Å². The Balaban J connectivity index is 2.17. The Labute approximate surface area is 75.7 Å². The van der Waals surface area contributed by atoms with Gasteiger partial charge in [0.05, 0.1) is 0 Å². The van der Waals surface area contributed by atoms with Gasteiger partial charge in [-0.05, 0) is 34.1 Å². The molecule has 0 aromatic rings. The summed E-state index contributed by atoms with van der Waals surface area (Å²) in [5.74, 6) is 0. The van der Waals surface area contributed by atoms with Crippen molar-refractivity contribution in [3.63, 3.8) is 0 Å². The number of likely N-dealkylation sites (N-methyl/N-ethyl adjacent to an activating group) is 2. The minimum atomic E-state index is 0.779. The van der Waals surface area contributed by atoms with Crippen molar-refractivity contribution in [2.24, 2.45) is 0 Å². The molecule has 1 rings (SSSR count). The van der Waals surface area contributed by atoms with E-state index >= 15 is 0 Å². The monoisotopic (exact) mass is 171 g/mol. The largest absolute Gasteiger partial charge is 0.318 e. The molecule has 0 unspecified atom stereocenters. The van der Waals surface area contributed by atoms with Crippen LogP contribution in [0.3, 0.4) is 0 Å². The number of hydrogen-bond donors (Lipinski definition) is 1. The fourth-order valence-electron chi connectivity index (χ4n) is 1.71. The number of nitrogens with one attached hydrogen (secondary N) is 1. The van der Waals surface area contributed by atoms with Gasteiger partial charge in [0.15, 0.2) is 0 Å². The molecule has 0 bridgehead atoms. The predicted octanol–water partition coefficient (Wildman–Crippen LogP) is -0.158. The molecule has 72 valence electrons. The molecule has 3 nitrogen and oxygen atoms in total. The first kappa shape index (κ1) is 9.96. The Morgan fingerprint density at radius 3 is 2.75 bits per heavy atom. The van der Waals surface area contributed by atoms with E-state index in [1.807, 2.05) is 7.05 Å². The van der Waals surface area contributed by atoms with Crippen LogP contribution in [0.15, 0.2) is 0 Å². The van der Waals surface area contributed by atoms with Crippen LogP contribution in [0.4, 0.5) is 0 Å². The summed E-state index contributed by atoms with van der Waals surface area (Å²) in [4.78, 5) is 4.86. The lowest BCUT2D eigenvalue weighted by atomic mass is 10.2. The number of rotatable bonds is 4. The van der Waals surface area contributed by atoms with Crippen LogP contribution in [-0.2, 0) is 0 Å². The van der Waals surface area contributed by atoms with Gasteiger partial charge in [-0.1, -0.05) is 0 Å². The Hall–Kier alpha value is -0.120. The molecule has 0 amide bonds. The topological polar surface area (TPSA) is 18.5 Å². The maximum Gasteiger partial charge on any atom is 0.0229 e. The zero-order valence-corrected chi connectivity index (χ0v) is 8.51. The highest BCUT2D eigenvalue weighted by molar-refractivity contribution is 4.80. The Morgan fingerprint density at radius 1 is 1.50 bits per heavy atom. The lowest BCUT2D eigenvalue weighted by Gasteiger charge is -2.20. The van der Waals surface area contributed by atoms with Gasteiger partial charge in [-0.25, -0.2) is 0 Å². The first-order valence-electron chi connectivity index (χ1n) is 4.77. The van der Waals surface area contributed by atoms with E-state index in [1.165, 1.54) is 26.1 Å². The van der Waals surface area contributed by atoms with E-state index in [1.54, 1.807) is 0 Å². The molecule has 0 aliphatic carbocycles. The van der Waals surface area contributed by atoms with Gasteiger partial charge < -0.3 is 15.1 Å². The van der Waals surface area contributed by atoms with Crippen LogP contribution in [0, 0.1) is 0 Å². The number of likely N-dealkylation sites (tertiary alicyclic amines) is 1. The van der Waals surface area contributed by atoms with Crippen LogP contribution in [0.25, 0.3) is 0 Å². The van der Waals surface area contributed by atoms with E-state index in [0.29, 0.717) is 0 Å². The van der Waals surface area contributed by atoms with Gasteiger partial charge in [0.1, 0.15) is 0 Å². The summed E-state index contributed by atoms with van der Waals surface area (Å²) in [6.07, 6.45) is 1.33. The van der Waals surface area contributed by atoms with Crippen molar-refractivity contribution < 1.29 is 0 Å². The second-order valence-electron chi connectivity index (χ2n) is 3.81. The highest BCUT2D eigenvalue weighted by atomic mass is 15.2. The van der Waals surface area contributed by atoms with Crippen LogP contribution < -0.4 is 5.32 Å². The fraction of sp³-hybridized carbons (Fsp3) is 1.00. The summed E-state index contributed by atoms with van der Waals surface area (Å²) in [7, 11) is 6.36. The molecule has 0 aromatic carbocycles. The van der Waals surface area contributed by atoms with E-state index in [9.17, 15) is 0 Å². The molecule has 1 atom stereocenters. The molecule has 1 aliphatic rings. The van der Waals surface area contributed by atoms with Crippen molar-refractivity contribution in [2.75, 3.05) is 47.3 Å². The maximum absolute atomic E-state index is 3.18. The second-order valence-corrected chi connectivity index (χ2v) is 3.81. The van der Waals surface area contributed by atoms with E-state index in [0.717, 1.165) is 12.6 Å². The Morgan fingerprint density at radius 2 is 2.25 bits per heavy atom. The lowest BCUT2D eigenvalue weighted by molar-refractivity contribution is 0.269. The van der Waals surface area contributed by atoms with Crippen LogP contribution in [-0.4, -0.2) is 63.2 Å². The SMILES string of the molecule is CNCCN1CC[C@@H](N(C)C)C1. The third kappa shape index (κ3) is 2.73. The molecule has 0 spiro atoms. The summed E-state index contributed by atoms with van der Waals surface area (Å²) in [6.45, 7) is 4.82. The van der Waals surface area contributed by atoms with Crippen LogP contribution in [0.2, 0.25) is 0 Å². The van der Waals surface area contributed by atoms with Gasteiger partial charge in [-0.15, -0.1) is 0 Å². The molecule has 1 heterocycles. The Bertz CT molecular complexity index is 125. The van der Waals surface area contributed by atoms with Crippen molar-refractivity contribution in [3.8, 4) is 0 Å². The van der Waals surface area contributed by atoms with Gasteiger partial charge in [-0.3, -0.25) is 0 Å². The number of hydrogen-bond acceptors (Lipinski definition) is 3. The van der Waals surface area contributed by atoms with Crippen molar-refractivity contribution >= 4 is 0 Å². The smallest absolute Gasteiger partial charge is 0.0229 e. The van der Waals surface area contributed by atoms with Crippen LogP contribution in [0.1, 0.15) is 6.42 Å². The standard InChI is InChI=1S/C9H21N3/c1-10-5-7-12-6-4-9(8-12)11(2)3/h9-10H,4-8H2,1-3H3/t9-/m1/s1. The first-order valence-corrected chi connectivity index (χ1v) is 4.77. The molecule has 0 radical (unpaired) electrons. The molecule has 1 saturated heterocycles. The highest BCUT2D eigenvalue weighted by Crippen LogP contribution is 2.11. The molecule has 1 N–H and O–H groups in total. The molecule has 12 heavy (non-hydrogen) atoms. The summed E-state index contributed by atoms with van der Waals surface area (Å²) in [5.41, 5.74) is 0. The third-order valence-corrected chi connectivity index (χ3v) is 2.66. The van der Waals surface area contributed by atoms with E-state index < -0.39 is 0 Å². The summed E-state index contributed by atoms with van der Waals surface area (Å²) in [5, 5.41) is 3.18. The Kier molecular flexibility index (Phi) is 3.98. The molecule has 3 heteroatoms. The van der Waals surface area contributed by atoms with Crippen molar-refractivity contribution in [1.82, 2.24) is 15.1 Å². The van der Waals surface area contributed by atoms with Crippen LogP contribution in [0.5, 0.6) is 0 Å². The van der Waals surface area contributed by atoms with Gasteiger partial charge in [-0.2, -0.15) is 0 Å². The molecular formula is C9H21N3. The molecule has 0 aromatic heterocycles. The average molecular weight is 171 g/mol. The zero-order valence-electron chi connectivity index (χ0n) is 8.51. The van der Waals surface area contributed by atoms with Gasteiger partial charge in [0.25, 0.3) is 0 Å². The van der Waals surface area contributed by atoms with Crippen molar-refractivity contribution in [2.45, 2.75) is 12.5 Å². The van der Waals surface area contributed by atoms with E-state index in [2.05, 4.69) is 29.2 Å². The maximum atomic E-state index is 3.18. The highest BCUT2D eigenvalue weighted by Gasteiger charge is 2.22. The minimum Gasteiger partial charge on any atom is -0.318 e. The normalized spacial score (nSPS) is 25.5. The number of nitrogens with zero attached hydrogens (tertiary/aromatic N) is 2. The van der Waals surface area contributed by atoms with E-state index in [4.69, 9.17) is 0 Å². The average Bonchev–Trinajstić information content (AvgIpc) is 2.48. The summed E-state index contributed by atoms with van der Waals surface area (Å²) >= 11 is 0. The minimum absolute atomic E-state index is 0.779.